The number of hydrogen-bond donors (Lipinski definition) is 0. The first-order chi connectivity index (χ1) is 16.9. The Morgan fingerprint density at radius 1 is 1.11 bits per heavy atom. The highest BCUT2D eigenvalue weighted by molar-refractivity contribution is 9.10. The summed E-state index contributed by atoms with van der Waals surface area (Å²) in [6.45, 7) is 2.42. The standard InChI is InChI=1S/C25H22BrN3O6/c1-2-34-20-10-15(9-19(26)23(20)35-13-14-3-7-18(8-4-14)29(32)33)12-27-28-24(30)21-16-5-6-17(11-16)22(21)25(28)31/h3-10,12,16-17,21-22H,2,11,13H2,1H3/b27-12-/t16-,17-,21-,22+/m0/s1. The molecule has 2 bridgehead atoms. The summed E-state index contributed by atoms with van der Waals surface area (Å²) in [6, 6.07) is 9.60. The molecule has 9 nitrogen and oxygen atoms in total. The molecule has 0 N–H and O–H groups in total. The van der Waals surface area contributed by atoms with Crippen LogP contribution in [0.2, 0.25) is 0 Å². The van der Waals surface area contributed by atoms with Gasteiger partial charge in [0.1, 0.15) is 6.61 Å². The van der Waals surface area contributed by atoms with Crippen molar-refractivity contribution in [3.8, 4) is 11.5 Å². The normalized spacial score (nSPS) is 24.5. The molecule has 2 aliphatic carbocycles. The van der Waals surface area contributed by atoms with Crippen molar-refractivity contribution >= 4 is 39.6 Å². The average Bonchev–Trinajstić information content (AvgIpc) is 3.52. The maximum absolute atomic E-state index is 12.8. The Kier molecular flexibility index (Phi) is 6.14. The van der Waals surface area contributed by atoms with Crippen LogP contribution in [0.15, 0.2) is 58.1 Å². The van der Waals surface area contributed by atoms with E-state index in [0.717, 1.165) is 17.0 Å². The van der Waals surface area contributed by atoms with E-state index in [9.17, 15) is 19.7 Å². The van der Waals surface area contributed by atoms with Crippen LogP contribution in [-0.4, -0.2) is 34.6 Å². The number of halogens is 1. The summed E-state index contributed by atoms with van der Waals surface area (Å²) in [5, 5.41) is 16.1. The Hall–Kier alpha value is -3.53. The summed E-state index contributed by atoms with van der Waals surface area (Å²) >= 11 is 3.50. The van der Waals surface area contributed by atoms with Crippen molar-refractivity contribution in [2.45, 2.75) is 20.0 Å². The quantitative estimate of drug-likeness (QED) is 0.161. The van der Waals surface area contributed by atoms with Gasteiger partial charge in [-0.05, 0) is 76.5 Å². The van der Waals surface area contributed by atoms with Gasteiger partial charge in [0.05, 0.1) is 34.1 Å². The fourth-order valence-corrected chi connectivity index (χ4v) is 5.63. The molecule has 3 aliphatic rings. The molecule has 0 aromatic heterocycles. The van der Waals surface area contributed by atoms with Crippen molar-refractivity contribution in [1.29, 1.82) is 0 Å². The molecule has 0 spiro atoms. The van der Waals surface area contributed by atoms with Crippen LogP contribution >= 0.6 is 15.9 Å². The number of rotatable bonds is 8. The first kappa shape index (κ1) is 23.2. The molecular formula is C25H22BrN3O6. The van der Waals surface area contributed by atoms with E-state index in [1.807, 2.05) is 19.1 Å². The van der Waals surface area contributed by atoms with Crippen LogP contribution in [0.25, 0.3) is 0 Å². The zero-order valence-corrected chi connectivity index (χ0v) is 20.4. The second-order valence-corrected chi connectivity index (χ2v) is 9.56. The van der Waals surface area contributed by atoms with Gasteiger partial charge in [0.25, 0.3) is 17.5 Å². The smallest absolute Gasteiger partial charge is 0.269 e. The van der Waals surface area contributed by atoms with Gasteiger partial charge in [-0.2, -0.15) is 10.1 Å². The summed E-state index contributed by atoms with van der Waals surface area (Å²) < 4.78 is 12.3. The van der Waals surface area contributed by atoms with Crippen molar-refractivity contribution in [1.82, 2.24) is 5.01 Å². The molecule has 2 amide bonds. The zero-order valence-electron chi connectivity index (χ0n) is 18.8. The summed E-state index contributed by atoms with van der Waals surface area (Å²) in [5.74, 6) is 0.128. The van der Waals surface area contributed by atoms with Crippen LogP contribution in [0.1, 0.15) is 24.5 Å². The van der Waals surface area contributed by atoms with Crippen molar-refractivity contribution in [2.75, 3.05) is 6.61 Å². The zero-order chi connectivity index (χ0) is 24.7. The number of non-ortho nitro benzene ring substituents is 1. The molecule has 2 aromatic rings. The van der Waals surface area contributed by atoms with Gasteiger partial charge in [-0.15, -0.1) is 0 Å². The van der Waals surface area contributed by atoms with Crippen molar-refractivity contribution in [3.63, 3.8) is 0 Å². The molecule has 0 radical (unpaired) electrons. The maximum atomic E-state index is 12.8. The minimum atomic E-state index is -0.453. The largest absolute Gasteiger partial charge is 0.490 e. The number of allylic oxidation sites excluding steroid dienone is 2. The van der Waals surface area contributed by atoms with Crippen LogP contribution in [-0.2, 0) is 16.2 Å². The predicted octanol–water partition coefficient (Wildman–Crippen LogP) is 4.48. The van der Waals surface area contributed by atoms with Gasteiger partial charge in [-0.1, -0.05) is 12.2 Å². The molecule has 2 fully saturated rings. The molecule has 1 aliphatic heterocycles. The Morgan fingerprint density at radius 3 is 2.37 bits per heavy atom. The van der Waals surface area contributed by atoms with E-state index in [0.29, 0.717) is 28.1 Å². The third-order valence-electron chi connectivity index (χ3n) is 6.63. The number of nitro groups is 1. The van der Waals surface area contributed by atoms with Crippen LogP contribution in [0.5, 0.6) is 11.5 Å². The molecule has 1 saturated heterocycles. The highest BCUT2D eigenvalue weighted by Crippen LogP contribution is 2.52. The lowest BCUT2D eigenvalue weighted by Crippen LogP contribution is -2.28. The van der Waals surface area contributed by atoms with Gasteiger partial charge in [0.2, 0.25) is 0 Å². The Morgan fingerprint density at radius 2 is 1.77 bits per heavy atom. The number of ether oxygens (including phenoxy) is 2. The lowest BCUT2D eigenvalue weighted by molar-refractivity contribution is -0.384. The summed E-state index contributed by atoms with van der Waals surface area (Å²) in [4.78, 5) is 36.1. The van der Waals surface area contributed by atoms with Crippen LogP contribution in [0, 0.1) is 33.8 Å². The molecule has 1 saturated carbocycles. The molecule has 180 valence electrons. The SMILES string of the molecule is CCOc1cc(/C=N\N2C(=O)[C@@H]3[C@H](C2=O)[C@H]2C=C[C@H]3C2)cc(Br)c1OCc1ccc([N+](=O)[O-])cc1. The molecule has 5 rings (SSSR count). The number of imide groups is 1. The summed E-state index contributed by atoms with van der Waals surface area (Å²) in [7, 11) is 0. The van der Waals surface area contributed by atoms with Gasteiger partial charge in [-0.3, -0.25) is 19.7 Å². The minimum absolute atomic E-state index is 0.0103. The lowest BCUT2D eigenvalue weighted by Gasteiger charge is -2.15. The van der Waals surface area contributed by atoms with Gasteiger partial charge in [0, 0.05) is 12.1 Å². The number of hydrazone groups is 1. The fraction of sp³-hybridized carbons (Fsp3) is 0.320. The van der Waals surface area contributed by atoms with Gasteiger partial charge >= 0.3 is 0 Å². The second kappa shape index (κ2) is 9.26. The Balaban J connectivity index is 1.32. The first-order valence-electron chi connectivity index (χ1n) is 11.3. The minimum Gasteiger partial charge on any atom is -0.490 e. The summed E-state index contributed by atoms with van der Waals surface area (Å²) in [5.41, 5.74) is 1.40. The van der Waals surface area contributed by atoms with E-state index in [4.69, 9.17) is 9.47 Å². The summed E-state index contributed by atoms with van der Waals surface area (Å²) in [6.07, 6.45) is 6.44. The third-order valence-corrected chi connectivity index (χ3v) is 7.22. The van der Waals surface area contributed by atoms with Crippen LogP contribution < -0.4 is 9.47 Å². The van der Waals surface area contributed by atoms with Crippen molar-refractivity contribution in [2.24, 2.45) is 28.8 Å². The molecule has 4 atom stereocenters. The number of nitro benzene ring substituents is 1. The van der Waals surface area contributed by atoms with E-state index >= 15 is 0 Å². The van der Waals surface area contributed by atoms with E-state index in [-0.39, 0.29) is 47.8 Å². The second-order valence-electron chi connectivity index (χ2n) is 8.71. The highest BCUT2D eigenvalue weighted by atomic mass is 79.9. The molecule has 1 heterocycles. The Labute approximate surface area is 209 Å². The average molecular weight is 540 g/mol. The number of carbonyl (C=O) groups excluding carboxylic acids is 2. The van der Waals surface area contributed by atoms with E-state index in [2.05, 4.69) is 21.0 Å². The van der Waals surface area contributed by atoms with E-state index in [1.54, 1.807) is 24.3 Å². The number of nitrogens with zero attached hydrogens (tertiary/aromatic N) is 3. The number of hydrogen-bond acceptors (Lipinski definition) is 7. The molecule has 10 heteroatoms. The Bertz CT molecular complexity index is 1230. The first-order valence-corrected chi connectivity index (χ1v) is 12.1. The fourth-order valence-electron chi connectivity index (χ4n) is 5.06. The third kappa shape index (κ3) is 4.22. The molecule has 35 heavy (non-hydrogen) atoms. The molecule has 2 aromatic carbocycles. The van der Waals surface area contributed by atoms with Gasteiger partial charge in [-0.25, -0.2) is 0 Å². The number of benzene rings is 2. The van der Waals surface area contributed by atoms with E-state index < -0.39 is 4.92 Å². The lowest BCUT2D eigenvalue weighted by atomic mass is 9.85. The maximum Gasteiger partial charge on any atom is 0.269 e. The molecular weight excluding hydrogens is 518 g/mol. The van der Waals surface area contributed by atoms with Crippen LogP contribution in [0.3, 0.4) is 0 Å². The number of carbonyl (C=O) groups is 2. The van der Waals surface area contributed by atoms with Gasteiger partial charge < -0.3 is 9.47 Å². The van der Waals surface area contributed by atoms with Gasteiger partial charge in [0.15, 0.2) is 11.5 Å². The monoisotopic (exact) mass is 539 g/mol. The van der Waals surface area contributed by atoms with E-state index in [1.165, 1.54) is 18.3 Å². The number of fused-ring (bicyclic) bond motifs is 5. The molecule has 0 unspecified atom stereocenters. The van der Waals surface area contributed by atoms with Crippen molar-refractivity contribution in [3.05, 3.63) is 74.3 Å². The highest BCUT2D eigenvalue weighted by Gasteiger charge is 2.59. The predicted molar refractivity (Wildman–Crippen MR) is 130 cm³/mol. The topological polar surface area (TPSA) is 111 Å². The number of amides is 2. The van der Waals surface area contributed by atoms with Crippen LogP contribution in [0.4, 0.5) is 5.69 Å². The van der Waals surface area contributed by atoms with Crippen molar-refractivity contribution < 1.29 is 24.0 Å².